The van der Waals surface area contributed by atoms with Gasteiger partial charge in [0.05, 0.1) is 12.3 Å². The Morgan fingerprint density at radius 1 is 1.32 bits per heavy atom. The number of nitrogens with one attached hydrogen (secondary N) is 1. The third kappa shape index (κ3) is 2.72. The summed E-state index contributed by atoms with van der Waals surface area (Å²) in [5.41, 5.74) is 1.77. The second-order valence-corrected chi connectivity index (χ2v) is 6.33. The number of hydrogen-bond donors (Lipinski definition) is 1. The van der Waals surface area contributed by atoms with E-state index < -0.39 is 6.29 Å². The molecule has 1 aromatic heterocycles. The van der Waals surface area contributed by atoms with Crippen LogP contribution in [0.15, 0.2) is 12.1 Å². The number of nitrogens with zero attached hydrogens (tertiary/aromatic N) is 2. The van der Waals surface area contributed by atoms with Gasteiger partial charge in [0.2, 0.25) is 6.29 Å². The van der Waals surface area contributed by atoms with Crippen LogP contribution in [0.5, 0.6) is 0 Å². The highest BCUT2D eigenvalue weighted by molar-refractivity contribution is 5.56. The van der Waals surface area contributed by atoms with Crippen molar-refractivity contribution in [3.63, 3.8) is 0 Å². The van der Waals surface area contributed by atoms with Crippen LogP contribution in [0.25, 0.3) is 0 Å². The molecule has 0 atom stereocenters. The fourth-order valence-electron chi connectivity index (χ4n) is 3.29. The van der Waals surface area contributed by atoms with Gasteiger partial charge in [-0.15, -0.1) is 0 Å². The van der Waals surface area contributed by atoms with E-state index in [2.05, 4.69) is 35.4 Å². The zero-order chi connectivity index (χ0) is 15.7. The SMILES string of the molecule is COC(OC)c1ccc2c(n1)NC1CC2(OCCN(C)C)C1. The zero-order valence-corrected chi connectivity index (χ0v) is 13.8. The Labute approximate surface area is 131 Å². The Hall–Kier alpha value is -1.21. The molecule has 0 aromatic carbocycles. The highest BCUT2D eigenvalue weighted by Gasteiger charge is 2.52. The first-order chi connectivity index (χ1) is 10.6. The molecule has 1 aromatic rings. The molecule has 3 aliphatic rings. The Balaban J connectivity index is 1.80. The van der Waals surface area contributed by atoms with Crippen LogP contribution in [-0.4, -0.2) is 57.4 Å². The summed E-state index contributed by atoms with van der Waals surface area (Å²) in [5.74, 6) is 0.906. The van der Waals surface area contributed by atoms with Crippen LogP contribution in [-0.2, 0) is 19.8 Å². The fourth-order valence-corrected chi connectivity index (χ4v) is 3.29. The molecule has 6 heteroatoms. The summed E-state index contributed by atoms with van der Waals surface area (Å²) < 4.78 is 16.8. The van der Waals surface area contributed by atoms with E-state index in [0.717, 1.165) is 43.1 Å². The first kappa shape index (κ1) is 15.7. The van der Waals surface area contributed by atoms with Crippen molar-refractivity contribution < 1.29 is 14.2 Å². The summed E-state index contributed by atoms with van der Waals surface area (Å²) in [6, 6.07) is 4.52. The molecule has 2 aliphatic heterocycles. The van der Waals surface area contributed by atoms with Gasteiger partial charge in [-0.25, -0.2) is 4.98 Å². The van der Waals surface area contributed by atoms with Crippen molar-refractivity contribution in [3.8, 4) is 0 Å². The fraction of sp³-hybridized carbons (Fsp3) is 0.688. The number of hydrogen-bond acceptors (Lipinski definition) is 6. The van der Waals surface area contributed by atoms with Gasteiger partial charge in [0.15, 0.2) is 0 Å². The van der Waals surface area contributed by atoms with Gasteiger partial charge in [-0.1, -0.05) is 6.07 Å². The maximum absolute atomic E-state index is 6.24. The molecular formula is C16H25N3O3. The third-order valence-corrected chi connectivity index (χ3v) is 4.49. The lowest BCUT2D eigenvalue weighted by atomic mass is 9.68. The van der Waals surface area contributed by atoms with Crippen molar-refractivity contribution in [1.29, 1.82) is 0 Å². The molecule has 0 radical (unpaired) electrons. The maximum atomic E-state index is 6.24. The summed E-state index contributed by atoms with van der Waals surface area (Å²) in [6.07, 6.45) is 1.61. The molecule has 0 unspecified atom stereocenters. The standard InChI is InChI=1S/C16H25N3O3/c1-19(2)7-8-22-16-9-11(10-16)17-14-12(16)5-6-13(18-14)15(20-3)21-4/h5-6,11,15H,7-10H2,1-4H3,(H,17,18). The van der Waals surface area contributed by atoms with Crippen molar-refractivity contribution in [3.05, 3.63) is 23.4 Å². The molecule has 0 spiro atoms. The Bertz CT molecular complexity index is 525. The van der Waals surface area contributed by atoms with E-state index in [9.17, 15) is 0 Å². The van der Waals surface area contributed by atoms with Gasteiger partial charge in [-0.3, -0.25) is 0 Å². The zero-order valence-electron chi connectivity index (χ0n) is 13.8. The molecule has 22 heavy (non-hydrogen) atoms. The minimum absolute atomic E-state index is 0.164. The summed E-state index contributed by atoms with van der Waals surface area (Å²) >= 11 is 0. The van der Waals surface area contributed by atoms with Gasteiger partial charge in [0.1, 0.15) is 11.4 Å². The van der Waals surface area contributed by atoms with Gasteiger partial charge < -0.3 is 24.4 Å². The molecule has 1 N–H and O–H groups in total. The maximum Gasteiger partial charge on any atom is 0.200 e. The molecule has 1 aliphatic carbocycles. The van der Waals surface area contributed by atoms with Crippen LogP contribution in [0, 0.1) is 0 Å². The number of anilines is 1. The average molecular weight is 307 g/mol. The van der Waals surface area contributed by atoms with Gasteiger partial charge >= 0.3 is 0 Å². The number of aromatic nitrogens is 1. The van der Waals surface area contributed by atoms with Crippen LogP contribution in [0.4, 0.5) is 5.82 Å². The minimum atomic E-state index is -0.434. The predicted octanol–water partition coefficient (Wildman–Crippen LogP) is 1.73. The Kier molecular flexibility index (Phi) is 4.36. The molecule has 1 fully saturated rings. The highest BCUT2D eigenvalue weighted by Crippen LogP contribution is 2.52. The van der Waals surface area contributed by atoms with Crippen molar-refractivity contribution in [2.45, 2.75) is 30.8 Å². The van der Waals surface area contributed by atoms with E-state index in [-0.39, 0.29) is 5.60 Å². The Morgan fingerprint density at radius 3 is 2.68 bits per heavy atom. The van der Waals surface area contributed by atoms with Crippen molar-refractivity contribution in [1.82, 2.24) is 9.88 Å². The van der Waals surface area contributed by atoms with E-state index >= 15 is 0 Å². The first-order valence-electron chi connectivity index (χ1n) is 7.70. The predicted molar refractivity (Wildman–Crippen MR) is 83.8 cm³/mol. The van der Waals surface area contributed by atoms with Crippen molar-refractivity contribution in [2.75, 3.05) is 46.8 Å². The monoisotopic (exact) mass is 307 g/mol. The summed E-state index contributed by atoms with van der Waals surface area (Å²) in [5, 5.41) is 3.48. The quantitative estimate of drug-likeness (QED) is 0.774. The van der Waals surface area contributed by atoms with E-state index in [0.29, 0.717) is 6.04 Å². The van der Waals surface area contributed by atoms with Crippen LogP contribution in [0.3, 0.4) is 0 Å². The van der Waals surface area contributed by atoms with E-state index in [1.165, 1.54) is 0 Å². The smallest absolute Gasteiger partial charge is 0.200 e. The second-order valence-electron chi connectivity index (χ2n) is 6.33. The van der Waals surface area contributed by atoms with E-state index in [4.69, 9.17) is 14.2 Å². The summed E-state index contributed by atoms with van der Waals surface area (Å²) in [4.78, 5) is 6.81. The van der Waals surface area contributed by atoms with E-state index in [1.807, 2.05) is 6.07 Å². The largest absolute Gasteiger partial charge is 0.369 e. The van der Waals surface area contributed by atoms with Crippen LogP contribution < -0.4 is 5.32 Å². The average Bonchev–Trinajstić information content (AvgIpc) is 2.46. The molecule has 1 saturated carbocycles. The van der Waals surface area contributed by atoms with Crippen molar-refractivity contribution >= 4 is 5.82 Å². The topological polar surface area (TPSA) is 55.9 Å². The minimum Gasteiger partial charge on any atom is -0.369 e. The lowest BCUT2D eigenvalue weighted by Gasteiger charge is -2.52. The van der Waals surface area contributed by atoms with Crippen LogP contribution >= 0.6 is 0 Å². The first-order valence-corrected chi connectivity index (χ1v) is 7.70. The number of pyridine rings is 1. The molecular weight excluding hydrogens is 282 g/mol. The Morgan fingerprint density at radius 2 is 2.05 bits per heavy atom. The third-order valence-electron chi connectivity index (χ3n) is 4.49. The molecule has 122 valence electrons. The molecule has 4 rings (SSSR count). The number of methoxy groups -OCH3 is 2. The molecule has 3 heterocycles. The van der Waals surface area contributed by atoms with Crippen LogP contribution in [0.1, 0.15) is 30.4 Å². The van der Waals surface area contributed by atoms with Gasteiger partial charge in [0, 0.05) is 45.2 Å². The highest BCUT2D eigenvalue weighted by atomic mass is 16.7. The van der Waals surface area contributed by atoms with E-state index in [1.54, 1.807) is 14.2 Å². The number of likely N-dealkylation sites (N-methyl/N-ethyl adjacent to an activating group) is 1. The van der Waals surface area contributed by atoms with Crippen molar-refractivity contribution in [2.24, 2.45) is 0 Å². The summed E-state index contributed by atoms with van der Waals surface area (Å²) in [6.45, 7) is 1.66. The number of rotatable bonds is 7. The lowest BCUT2D eigenvalue weighted by Crippen LogP contribution is -2.55. The normalized spacial score (nSPS) is 25.8. The lowest BCUT2D eigenvalue weighted by molar-refractivity contribution is -0.120. The molecule has 2 bridgehead atoms. The summed E-state index contributed by atoms with van der Waals surface area (Å²) in [7, 11) is 7.35. The van der Waals surface area contributed by atoms with Gasteiger partial charge in [0.25, 0.3) is 0 Å². The molecule has 0 saturated heterocycles. The van der Waals surface area contributed by atoms with Crippen LogP contribution in [0.2, 0.25) is 0 Å². The molecule has 0 amide bonds. The molecule has 6 nitrogen and oxygen atoms in total. The number of ether oxygens (including phenoxy) is 3. The van der Waals surface area contributed by atoms with Gasteiger partial charge in [-0.05, 0) is 20.2 Å². The van der Waals surface area contributed by atoms with Gasteiger partial charge in [-0.2, -0.15) is 0 Å². The second kappa shape index (κ2) is 6.12.